The quantitative estimate of drug-likeness (QED) is 0.632. The molecule has 1 aliphatic heterocycles. The highest BCUT2D eigenvalue weighted by Crippen LogP contribution is 2.29. The minimum Gasteiger partial charge on any atom is -0.493 e. The van der Waals surface area contributed by atoms with Gasteiger partial charge in [0, 0.05) is 29.6 Å². The second kappa shape index (κ2) is 8.14. The van der Waals surface area contributed by atoms with Crippen molar-refractivity contribution in [3.05, 3.63) is 77.9 Å². The monoisotopic (exact) mass is 388 g/mol. The fraction of sp³-hybridized carbons (Fsp3) is 0.174. The van der Waals surface area contributed by atoms with Gasteiger partial charge in [0.2, 0.25) is 5.91 Å². The van der Waals surface area contributed by atoms with Crippen LogP contribution < -0.4 is 10.1 Å². The van der Waals surface area contributed by atoms with Crippen LogP contribution in [0.1, 0.15) is 27.1 Å². The summed E-state index contributed by atoms with van der Waals surface area (Å²) in [6.07, 6.45) is 0.193. The number of imide groups is 1. The molecule has 0 radical (unpaired) electrons. The Labute approximate surface area is 168 Å². The SMILES string of the molecule is O=C(CCOc1ccccc1)NCCN1C(=O)c2cccc3cccc(c23)C1=O. The van der Waals surface area contributed by atoms with Gasteiger partial charge in [-0.15, -0.1) is 0 Å². The van der Waals surface area contributed by atoms with E-state index in [0.29, 0.717) is 22.3 Å². The van der Waals surface area contributed by atoms with Gasteiger partial charge in [0.25, 0.3) is 11.8 Å². The maximum absolute atomic E-state index is 12.8. The molecular formula is C23H20N2O4. The van der Waals surface area contributed by atoms with Crippen LogP contribution in [0, 0.1) is 0 Å². The summed E-state index contributed by atoms with van der Waals surface area (Å²) in [4.78, 5) is 38.8. The zero-order valence-electron chi connectivity index (χ0n) is 15.8. The number of hydrogen-bond donors (Lipinski definition) is 1. The van der Waals surface area contributed by atoms with Crippen molar-refractivity contribution >= 4 is 28.5 Å². The zero-order valence-corrected chi connectivity index (χ0v) is 15.8. The summed E-state index contributed by atoms with van der Waals surface area (Å²) in [5.74, 6) is -0.153. The molecule has 0 saturated carbocycles. The average Bonchev–Trinajstić information content (AvgIpc) is 2.75. The minimum absolute atomic E-state index is 0.119. The van der Waals surface area contributed by atoms with Gasteiger partial charge in [0.15, 0.2) is 0 Å². The molecule has 3 aromatic rings. The molecule has 3 aromatic carbocycles. The number of nitrogens with zero attached hydrogens (tertiary/aromatic N) is 1. The summed E-state index contributed by atoms with van der Waals surface area (Å²) < 4.78 is 5.50. The van der Waals surface area contributed by atoms with Crippen LogP contribution in [0.25, 0.3) is 10.8 Å². The predicted molar refractivity (Wildman–Crippen MR) is 109 cm³/mol. The van der Waals surface area contributed by atoms with Gasteiger partial charge >= 0.3 is 0 Å². The van der Waals surface area contributed by atoms with E-state index >= 15 is 0 Å². The summed E-state index contributed by atoms with van der Waals surface area (Å²) >= 11 is 0. The van der Waals surface area contributed by atoms with E-state index in [-0.39, 0.29) is 43.8 Å². The fourth-order valence-corrected chi connectivity index (χ4v) is 3.46. The molecule has 0 aromatic heterocycles. The van der Waals surface area contributed by atoms with E-state index in [2.05, 4.69) is 5.32 Å². The first-order valence-corrected chi connectivity index (χ1v) is 9.47. The summed E-state index contributed by atoms with van der Waals surface area (Å²) in [6, 6.07) is 20.1. The van der Waals surface area contributed by atoms with Crippen molar-refractivity contribution in [3.8, 4) is 5.75 Å². The summed E-state index contributed by atoms with van der Waals surface area (Å²) in [5, 5.41) is 4.31. The Hall–Kier alpha value is -3.67. The van der Waals surface area contributed by atoms with Crippen LogP contribution in [0.15, 0.2) is 66.7 Å². The maximum Gasteiger partial charge on any atom is 0.261 e. The Morgan fingerprint density at radius 2 is 1.52 bits per heavy atom. The van der Waals surface area contributed by atoms with Crippen LogP contribution in [0.5, 0.6) is 5.75 Å². The molecule has 0 aliphatic carbocycles. The van der Waals surface area contributed by atoms with Gasteiger partial charge in [-0.25, -0.2) is 0 Å². The molecule has 0 atom stereocenters. The number of carbonyl (C=O) groups excluding carboxylic acids is 3. The van der Waals surface area contributed by atoms with Crippen LogP contribution in [-0.2, 0) is 4.79 Å². The van der Waals surface area contributed by atoms with E-state index in [1.54, 1.807) is 12.1 Å². The number of benzene rings is 3. The Bertz CT molecular complexity index is 1030. The zero-order chi connectivity index (χ0) is 20.2. The lowest BCUT2D eigenvalue weighted by atomic mass is 9.94. The van der Waals surface area contributed by atoms with Crippen LogP contribution >= 0.6 is 0 Å². The molecule has 0 bridgehead atoms. The van der Waals surface area contributed by atoms with E-state index in [0.717, 1.165) is 5.39 Å². The first kappa shape index (κ1) is 18.7. The van der Waals surface area contributed by atoms with Gasteiger partial charge in [-0.1, -0.05) is 42.5 Å². The van der Waals surface area contributed by atoms with Gasteiger partial charge in [-0.3, -0.25) is 19.3 Å². The number of nitrogens with one attached hydrogen (secondary N) is 1. The third kappa shape index (κ3) is 3.82. The molecule has 6 heteroatoms. The largest absolute Gasteiger partial charge is 0.493 e. The van der Waals surface area contributed by atoms with Gasteiger partial charge in [-0.05, 0) is 29.7 Å². The molecule has 29 heavy (non-hydrogen) atoms. The van der Waals surface area contributed by atoms with Crippen molar-refractivity contribution < 1.29 is 19.1 Å². The van der Waals surface area contributed by atoms with Gasteiger partial charge < -0.3 is 10.1 Å². The summed E-state index contributed by atoms with van der Waals surface area (Å²) in [5.41, 5.74) is 1.03. The van der Waals surface area contributed by atoms with Crippen molar-refractivity contribution in [2.75, 3.05) is 19.7 Å². The Kier molecular flexibility index (Phi) is 5.24. The Balaban J connectivity index is 1.33. The molecular weight excluding hydrogens is 368 g/mol. The second-order valence-electron chi connectivity index (χ2n) is 6.73. The molecule has 6 nitrogen and oxygen atoms in total. The van der Waals surface area contributed by atoms with Crippen LogP contribution in [0.3, 0.4) is 0 Å². The standard InChI is InChI=1S/C23H20N2O4/c26-20(12-15-29-17-8-2-1-3-9-17)24-13-14-25-22(27)18-10-4-6-16-7-5-11-19(21(16)18)23(25)28/h1-11H,12-15H2,(H,24,26). The van der Waals surface area contributed by atoms with Gasteiger partial charge in [-0.2, -0.15) is 0 Å². The molecule has 3 amide bonds. The number of ether oxygens (including phenoxy) is 1. The van der Waals surface area contributed by atoms with E-state index in [9.17, 15) is 14.4 Å². The maximum atomic E-state index is 12.8. The third-order valence-corrected chi connectivity index (χ3v) is 4.85. The first-order chi connectivity index (χ1) is 14.1. The lowest BCUT2D eigenvalue weighted by Crippen LogP contribution is -2.44. The third-order valence-electron chi connectivity index (χ3n) is 4.85. The van der Waals surface area contributed by atoms with E-state index < -0.39 is 0 Å². The van der Waals surface area contributed by atoms with Crippen molar-refractivity contribution in [2.24, 2.45) is 0 Å². The number of rotatable bonds is 7. The van der Waals surface area contributed by atoms with Crippen LogP contribution in [-0.4, -0.2) is 42.3 Å². The molecule has 1 N–H and O–H groups in total. The average molecular weight is 388 g/mol. The highest BCUT2D eigenvalue weighted by atomic mass is 16.5. The Morgan fingerprint density at radius 1 is 0.862 bits per heavy atom. The molecule has 0 unspecified atom stereocenters. The lowest BCUT2D eigenvalue weighted by Gasteiger charge is -2.27. The summed E-state index contributed by atoms with van der Waals surface area (Å²) in [7, 11) is 0. The topological polar surface area (TPSA) is 75.7 Å². The van der Waals surface area contributed by atoms with Crippen LogP contribution in [0.4, 0.5) is 0 Å². The number of carbonyl (C=O) groups is 3. The predicted octanol–water partition coefficient (Wildman–Crippen LogP) is 3.02. The molecule has 1 heterocycles. The highest BCUT2D eigenvalue weighted by Gasteiger charge is 2.32. The van der Waals surface area contributed by atoms with E-state index in [1.165, 1.54) is 4.90 Å². The molecule has 1 aliphatic rings. The smallest absolute Gasteiger partial charge is 0.261 e. The van der Waals surface area contributed by atoms with Crippen molar-refractivity contribution in [2.45, 2.75) is 6.42 Å². The number of hydrogen-bond acceptors (Lipinski definition) is 4. The summed E-state index contributed by atoms with van der Waals surface area (Å²) in [6.45, 7) is 0.570. The minimum atomic E-state index is -0.332. The van der Waals surface area contributed by atoms with Crippen molar-refractivity contribution in [1.29, 1.82) is 0 Å². The van der Waals surface area contributed by atoms with Gasteiger partial charge in [0.05, 0.1) is 13.0 Å². The molecule has 4 rings (SSSR count). The van der Waals surface area contributed by atoms with Crippen molar-refractivity contribution in [1.82, 2.24) is 10.2 Å². The van der Waals surface area contributed by atoms with Crippen molar-refractivity contribution in [3.63, 3.8) is 0 Å². The fourth-order valence-electron chi connectivity index (χ4n) is 3.46. The molecule has 0 saturated heterocycles. The Morgan fingerprint density at radius 3 is 2.17 bits per heavy atom. The normalized spacial score (nSPS) is 12.9. The molecule has 0 fully saturated rings. The van der Waals surface area contributed by atoms with Gasteiger partial charge in [0.1, 0.15) is 5.75 Å². The number of amides is 3. The lowest BCUT2D eigenvalue weighted by molar-refractivity contribution is -0.121. The molecule has 0 spiro atoms. The molecule has 146 valence electrons. The number of para-hydroxylation sites is 1. The second-order valence-corrected chi connectivity index (χ2v) is 6.73. The van der Waals surface area contributed by atoms with E-state index in [4.69, 9.17) is 4.74 Å². The van der Waals surface area contributed by atoms with E-state index in [1.807, 2.05) is 54.6 Å². The van der Waals surface area contributed by atoms with Crippen LogP contribution in [0.2, 0.25) is 0 Å². The first-order valence-electron chi connectivity index (χ1n) is 9.47. The highest BCUT2D eigenvalue weighted by molar-refractivity contribution is 6.25.